The maximum absolute atomic E-state index is 12.8. The van der Waals surface area contributed by atoms with Crippen LogP contribution in [-0.2, 0) is 9.59 Å². The van der Waals surface area contributed by atoms with Gasteiger partial charge in [0, 0.05) is 22.6 Å². The molecule has 0 unspecified atom stereocenters. The molecule has 0 bridgehead atoms. The highest BCUT2D eigenvalue weighted by Gasteiger charge is 2.17. The maximum atomic E-state index is 12.8. The number of carboxylic acid groups (broad SMARTS) is 1. The normalized spacial score (nSPS) is 12.3. The molecule has 0 aliphatic carbocycles. The van der Waals surface area contributed by atoms with Crippen LogP contribution in [0.15, 0.2) is 52.6 Å². The van der Waals surface area contributed by atoms with E-state index in [-0.39, 0.29) is 18.9 Å². The van der Waals surface area contributed by atoms with Crippen molar-refractivity contribution in [1.82, 2.24) is 10.6 Å². The molecule has 0 saturated heterocycles. The van der Waals surface area contributed by atoms with Crippen molar-refractivity contribution in [3.8, 4) is 11.5 Å². The van der Waals surface area contributed by atoms with Gasteiger partial charge in [0.25, 0.3) is 11.8 Å². The average molecular weight is 502 g/mol. The molecule has 0 radical (unpaired) electrons. The van der Waals surface area contributed by atoms with Crippen LogP contribution in [0.5, 0.6) is 11.5 Å². The summed E-state index contributed by atoms with van der Waals surface area (Å²) in [7, 11) is 0. The van der Waals surface area contributed by atoms with Gasteiger partial charge in [-0.25, -0.2) is 0 Å². The van der Waals surface area contributed by atoms with Gasteiger partial charge in [-0.2, -0.15) is 0 Å². The van der Waals surface area contributed by atoms with Gasteiger partial charge in [0.2, 0.25) is 6.79 Å². The molecule has 1 aliphatic heterocycles. The van der Waals surface area contributed by atoms with Crippen LogP contribution >= 0.6 is 15.9 Å². The number of amides is 2. The van der Waals surface area contributed by atoms with Crippen molar-refractivity contribution in [1.29, 1.82) is 0 Å². The van der Waals surface area contributed by atoms with E-state index in [0.29, 0.717) is 48.4 Å². The quantitative estimate of drug-likeness (QED) is 0.381. The molecule has 168 valence electrons. The first-order chi connectivity index (χ1) is 15.4. The highest BCUT2D eigenvalue weighted by molar-refractivity contribution is 9.10. The SMILES string of the molecule is O=C([O-])CCCCCNC(=O)/C(=C\c1ccc2c(c1)OCO2)NC(=O)c1ccc(Br)cc1. The number of carbonyl (C=O) groups is 3. The average Bonchev–Trinajstić information content (AvgIpc) is 3.23. The lowest BCUT2D eigenvalue weighted by Crippen LogP contribution is -2.35. The van der Waals surface area contributed by atoms with E-state index < -0.39 is 17.8 Å². The van der Waals surface area contributed by atoms with Gasteiger partial charge in [-0.1, -0.05) is 28.4 Å². The van der Waals surface area contributed by atoms with E-state index >= 15 is 0 Å². The molecule has 8 nitrogen and oxygen atoms in total. The topological polar surface area (TPSA) is 117 Å². The second-order valence-corrected chi connectivity index (χ2v) is 7.99. The smallest absolute Gasteiger partial charge is 0.267 e. The highest BCUT2D eigenvalue weighted by Crippen LogP contribution is 2.33. The van der Waals surface area contributed by atoms with Crippen molar-refractivity contribution < 1.29 is 29.0 Å². The zero-order chi connectivity index (χ0) is 22.9. The molecule has 32 heavy (non-hydrogen) atoms. The minimum Gasteiger partial charge on any atom is -0.550 e. The monoisotopic (exact) mass is 501 g/mol. The van der Waals surface area contributed by atoms with E-state index in [1.165, 1.54) is 0 Å². The zero-order valence-corrected chi connectivity index (χ0v) is 18.8. The molecule has 0 aromatic heterocycles. The molecular weight excluding hydrogens is 480 g/mol. The largest absolute Gasteiger partial charge is 0.550 e. The van der Waals surface area contributed by atoms with Crippen LogP contribution in [-0.4, -0.2) is 31.1 Å². The Labute approximate surface area is 193 Å². The summed E-state index contributed by atoms with van der Waals surface area (Å²) in [5.74, 6) is -0.783. The Balaban J connectivity index is 1.70. The molecule has 2 N–H and O–H groups in total. The summed E-state index contributed by atoms with van der Waals surface area (Å²) in [6.07, 6.45) is 3.28. The van der Waals surface area contributed by atoms with Gasteiger partial charge in [0.15, 0.2) is 11.5 Å². The number of unbranched alkanes of at least 4 members (excludes halogenated alkanes) is 2. The lowest BCUT2D eigenvalue weighted by molar-refractivity contribution is -0.305. The third-order valence-electron chi connectivity index (χ3n) is 4.65. The summed E-state index contributed by atoms with van der Waals surface area (Å²) in [5.41, 5.74) is 1.14. The molecule has 1 aliphatic rings. The fourth-order valence-electron chi connectivity index (χ4n) is 2.99. The van der Waals surface area contributed by atoms with Crippen molar-refractivity contribution >= 4 is 39.8 Å². The summed E-state index contributed by atoms with van der Waals surface area (Å²) in [6, 6.07) is 12.0. The number of hydrogen-bond acceptors (Lipinski definition) is 6. The summed E-state index contributed by atoms with van der Waals surface area (Å²) in [4.78, 5) is 35.9. The Bertz CT molecular complexity index is 1020. The molecule has 0 fully saturated rings. The number of aliphatic carboxylic acids is 1. The predicted molar refractivity (Wildman–Crippen MR) is 119 cm³/mol. The molecule has 1 heterocycles. The van der Waals surface area contributed by atoms with E-state index in [4.69, 9.17) is 9.47 Å². The van der Waals surface area contributed by atoms with Crippen LogP contribution in [0.3, 0.4) is 0 Å². The number of fused-ring (bicyclic) bond motifs is 1. The lowest BCUT2D eigenvalue weighted by Gasteiger charge is -2.12. The number of rotatable bonds is 10. The summed E-state index contributed by atoms with van der Waals surface area (Å²) in [5, 5.41) is 15.9. The first kappa shape index (κ1) is 23.3. The lowest BCUT2D eigenvalue weighted by atomic mass is 10.1. The zero-order valence-electron chi connectivity index (χ0n) is 17.2. The molecule has 0 saturated carbocycles. The molecule has 2 amide bonds. The van der Waals surface area contributed by atoms with Crippen LogP contribution < -0.4 is 25.2 Å². The first-order valence-corrected chi connectivity index (χ1v) is 10.9. The van der Waals surface area contributed by atoms with Gasteiger partial charge in [-0.15, -0.1) is 0 Å². The Hall–Kier alpha value is -3.33. The molecular formula is C23H22BrN2O6-. The number of hydrogen-bond donors (Lipinski definition) is 2. The first-order valence-electron chi connectivity index (χ1n) is 10.1. The number of carboxylic acids is 1. The number of nitrogens with one attached hydrogen (secondary N) is 2. The van der Waals surface area contributed by atoms with Crippen molar-refractivity contribution in [2.75, 3.05) is 13.3 Å². The van der Waals surface area contributed by atoms with Gasteiger partial charge < -0.3 is 30.0 Å². The summed E-state index contributed by atoms with van der Waals surface area (Å²) < 4.78 is 11.5. The maximum Gasteiger partial charge on any atom is 0.267 e. The summed E-state index contributed by atoms with van der Waals surface area (Å²) in [6.45, 7) is 0.479. The van der Waals surface area contributed by atoms with Crippen LogP contribution in [0.2, 0.25) is 0 Å². The Morgan fingerprint density at radius 2 is 1.75 bits per heavy atom. The Morgan fingerprint density at radius 3 is 2.50 bits per heavy atom. The third-order valence-corrected chi connectivity index (χ3v) is 5.18. The van der Waals surface area contributed by atoms with Gasteiger partial charge in [0.1, 0.15) is 5.70 Å². The summed E-state index contributed by atoms with van der Waals surface area (Å²) >= 11 is 3.33. The van der Waals surface area contributed by atoms with E-state index in [0.717, 1.165) is 4.47 Å². The highest BCUT2D eigenvalue weighted by atomic mass is 79.9. The number of halogens is 1. The standard InChI is InChI=1S/C23H23BrN2O6/c24-17-8-6-16(7-9-17)22(29)26-18(23(30)25-11-3-1-2-4-21(27)28)12-15-5-10-19-20(13-15)32-14-31-19/h5-10,12-13H,1-4,11,14H2,(H,25,30)(H,26,29)(H,27,28)/p-1/b18-12+. The van der Waals surface area contributed by atoms with Crippen molar-refractivity contribution in [2.24, 2.45) is 0 Å². The molecule has 2 aromatic carbocycles. The van der Waals surface area contributed by atoms with Gasteiger partial charge in [0.05, 0.1) is 0 Å². The molecule has 2 aromatic rings. The van der Waals surface area contributed by atoms with Gasteiger partial charge >= 0.3 is 0 Å². The fraction of sp³-hybridized carbons (Fsp3) is 0.261. The van der Waals surface area contributed by atoms with Gasteiger partial charge in [-0.05, 0) is 67.3 Å². The van der Waals surface area contributed by atoms with Crippen molar-refractivity contribution in [2.45, 2.75) is 25.7 Å². The van der Waals surface area contributed by atoms with E-state index in [9.17, 15) is 19.5 Å². The van der Waals surface area contributed by atoms with Crippen molar-refractivity contribution in [3.63, 3.8) is 0 Å². The Morgan fingerprint density at radius 1 is 1.00 bits per heavy atom. The van der Waals surface area contributed by atoms with Gasteiger partial charge in [-0.3, -0.25) is 9.59 Å². The van der Waals surface area contributed by atoms with Crippen LogP contribution in [0.4, 0.5) is 0 Å². The minimum atomic E-state index is -1.08. The molecule has 0 atom stereocenters. The second-order valence-electron chi connectivity index (χ2n) is 7.07. The Kier molecular flexibility index (Phi) is 8.27. The minimum absolute atomic E-state index is 0.00748. The predicted octanol–water partition coefficient (Wildman–Crippen LogP) is 2.38. The second kappa shape index (κ2) is 11.3. The van der Waals surface area contributed by atoms with E-state index in [1.807, 2.05) is 0 Å². The third kappa shape index (κ3) is 6.84. The number of ether oxygens (including phenoxy) is 2. The van der Waals surface area contributed by atoms with E-state index in [1.54, 1.807) is 48.5 Å². The fourth-order valence-corrected chi connectivity index (χ4v) is 3.26. The molecule has 0 spiro atoms. The number of carbonyl (C=O) groups excluding carboxylic acids is 3. The van der Waals surface area contributed by atoms with E-state index in [2.05, 4.69) is 26.6 Å². The molecule has 9 heteroatoms. The molecule has 3 rings (SSSR count). The number of benzene rings is 2. The van der Waals surface area contributed by atoms with Crippen LogP contribution in [0.25, 0.3) is 6.08 Å². The van der Waals surface area contributed by atoms with Crippen LogP contribution in [0.1, 0.15) is 41.6 Å². The van der Waals surface area contributed by atoms with Crippen LogP contribution in [0, 0.1) is 0 Å². The van der Waals surface area contributed by atoms with Crippen molar-refractivity contribution in [3.05, 3.63) is 63.8 Å².